The van der Waals surface area contributed by atoms with E-state index in [2.05, 4.69) is 31.1 Å². The van der Waals surface area contributed by atoms with Crippen molar-refractivity contribution in [3.63, 3.8) is 0 Å². The molecule has 34 heavy (non-hydrogen) atoms. The summed E-state index contributed by atoms with van der Waals surface area (Å²) in [5, 5.41) is 8.71. The lowest BCUT2D eigenvalue weighted by Crippen LogP contribution is -2.29. The average molecular weight is 489 g/mol. The molecule has 1 aliphatic rings. The number of rotatable bonds is 13. The molecule has 1 aromatic carbocycles. The molecule has 2 heterocycles. The molecule has 0 saturated heterocycles. The Labute approximate surface area is 206 Å². The van der Waals surface area contributed by atoms with Gasteiger partial charge in [0.25, 0.3) is 0 Å². The number of carbonyl (C=O) groups excluding carboxylic acids is 1. The lowest BCUT2D eigenvalue weighted by Gasteiger charge is -2.28. The molecule has 0 saturated carbocycles. The quantitative estimate of drug-likeness (QED) is 0.221. The number of esters is 1. The van der Waals surface area contributed by atoms with Gasteiger partial charge in [0.1, 0.15) is 6.04 Å². The van der Waals surface area contributed by atoms with E-state index in [1.54, 1.807) is 23.6 Å². The third-order valence-electron chi connectivity index (χ3n) is 5.48. The van der Waals surface area contributed by atoms with Gasteiger partial charge in [-0.1, -0.05) is 51.4 Å². The van der Waals surface area contributed by atoms with E-state index >= 15 is 0 Å². The van der Waals surface area contributed by atoms with Crippen molar-refractivity contribution in [2.24, 2.45) is 0 Å². The van der Waals surface area contributed by atoms with Gasteiger partial charge in [0.05, 0.1) is 25.9 Å². The van der Waals surface area contributed by atoms with Crippen molar-refractivity contribution in [2.45, 2.75) is 71.0 Å². The SMILES string of the molecule is CCCCOC(=O)C1=C(C)Nc2nc(SCCCC)nn2C1c1ccc(OCCC)c(OC)c1. The normalized spacial score (nSPS) is 15.0. The number of benzene rings is 1. The molecular formula is C25H36N4O4S. The van der Waals surface area contributed by atoms with Gasteiger partial charge in [-0.15, -0.1) is 5.10 Å². The van der Waals surface area contributed by atoms with Gasteiger partial charge in [0.15, 0.2) is 11.5 Å². The number of carbonyl (C=O) groups is 1. The van der Waals surface area contributed by atoms with Gasteiger partial charge in [-0.2, -0.15) is 4.98 Å². The fraction of sp³-hybridized carbons (Fsp3) is 0.560. The number of nitrogens with zero attached hydrogens (tertiary/aromatic N) is 3. The van der Waals surface area contributed by atoms with Crippen LogP contribution in [0.2, 0.25) is 0 Å². The Bertz CT molecular complexity index is 1000. The number of unbranched alkanes of at least 4 members (excludes halogenated alkanes) is 2. The molecule has 0 bridgehead atoms. The fourth-order valence-electron chi connectivity index (χ4n) is 3.65. The highest BCUT2D eigenvalue weighted by Gasteiger charge is 2.35. The third-order valence-corrected chi connectivity index (χ3v) is 6.40. The van der Waals surface area contributed by atoms with Crippen LogP contribution in [0.5, 0.6) is 11.5 Å². The molecule has 0 spiro atoms. The van der Waals surface area contributed by atoms with Crippen LogP contribution in [0.15, 0.2) is 34.6 Å². The number of hydrogen-bond donors (Lipinski definition) is 1. The summed E-state index contributed by atoms with van der Waals surface area (Å²) in [5.74, 6) is 2.48. The van der Waals surface area contributed by atoms with Crippen LogP contribution < -0.4 is 14.8 Å². The van der Waals surface area contributed by atoms with Crippen LogP contribution in [0.4, 0.5) is 5.95 Å². The summed E-state index contributed by atoms with van der Waals surface area (Å²) in [6, 6.07) is 5.25. The summed E-state index contributed by atoms with van der Waals surface area (Å²) < 4.78 is 18.8. The number of thioether (sulfide) groups is 1. The molecule has 0 aliphatic carbocycles. The first-order valence-corrected chi connectivity index (χ1v) is 13.1. The highest BCUT2D eigenvalue weighted by Crippen LogP contribution is 2.40. The maximum atomic E-state index is 13.2. The number of ether oxygens (including phenoxy) is 3. The van der Waals surface area contributed by atoms with Crippen LogP contribution in [0, 0.1) is 0 Å². The molecule has 0 fully saturated rings. The molecule has 8 nitrogen and oxygen atoms in total. The Kier molecular flexibility index (Phi) is 9.68. The number of allylic oxidation sites excluding steroid dienone is 1. The molecule has 1 N–H and O–H groups in total. The van der Waals surface area contributed by atoms with Crippen LogP contribution in [-0.4, -0.2) is 46.8 Å². The second-order valence-corrected chi connectivity index (χ2v) is 9.24. The second kappa shape index (κ2) is 12.7. The third kappa shape index (κ3) is 6.05. The minimum atomic E-state index is -0.493. The molecular weight excluding hydrogens is 452 g/mol. The van der Waals surface area contributed by atoms with Gasteiger partial charge >= 0.3 is 5.97 Å². The minimum Gasteiger partial charge on any atom is -0.493 e. The summed E-state index contributed by atoms with van der Waals surface area (Å²) in [7, 11) is 1.62. The number of methoxy groups -OCH3 is 1. The van der Waals surface area contributed by atoms with E-state index in [-0.39, 0.29) is 5.97 Å². The topological polar surface area (TPSA) is 87.5 Å². The van der Waals surface area contributed by atoms with E-state index in [9.17, 15) is 4.79 Å². The monoisotopic (exact) mass is 488 g/mol. The molecule has 9 heteroatoms. The Morgan fingerprint density at radius 1 is 1.12 bits per heavy atom. The van der Waals surface area contributed by atoms with Crippen molar-refractivity contribution in [2.75, 3.05) is 31.4 Å². The van der Waals surface area contributed by atoms with Crippen LogP contribution in [0.1, 0.15) is 71.4 Å². The van der Waals surface area contributed by atoms with Crippen LogP contribution >= 0.6 is 11.8 Å². The van der Waals surface area contributed by atoms with Crippen molar-refractivity contribution in [3.8, 4) is 11.5 Å². The van der Waals surface area contributed by atoms with Gasteiger partial charge in [-0.05, 0) is 43.9 Å². The van der Waals surface area contributed by atoms with Crippen LogP contribution in [0.3, 0.4) is 0 Å². The predicted molar refractivity (Wildman–Crippen MR) is 135 cm³/mol. The molecule has 0 amide bonds. The Morgan fingerprint density at radius 3 is 2.62 bits per heavy atom. The fourth-order valence-corrected chi connectivity index (χ4v) is 4.56. The first-order valence-electron chi connectivity index (χ1n) is 12.1. The Morgan fingerprint density at radius 2 is 1.91 bits per heavy atom. The van der Waals surface area contributed by atoms with Crippen LogP contribution in [-0.2, 0) is 9.53 Å². The standard InChI is InChI=1S/C25H36N4O4S/c1-6-9-14-33-23(30)21-17(4)26-24-27-25(34-15-10-7-2)28-29(24)22(21)18-11-12-19(32-13-8-3)20(16-18)31-5/h11-12,16,22H,6-10,13-15H2,1-5H3,(H,26,27,28). The zero-order valence-electron chi connectivity index (χ0n) is 20.8. The van der Waals surface area contributed by atoms with Crippen molar-refractivity contribution < 1.29 is 19.0 Å². The van der Waals surface area contributed by atoms with E-state index in [1.807, 2.05) is 25.1 Å². The van der Waals surface area contributed by atoms with Crippen molar-refractivity contribution >= 4 is 23.7 Å². The van der Waals surface area contributed by atoms with Gasteiger partial charge in [0.2, 0.25) is 11.1 Å². The largest absolute Gasteiger partial charge is 0.493 e. The highest BCUT2D eigenvalue weighted by atomic mass is 32.2. The lowest BCUT2D eigenvalue weighted by molar-refractivity contribution is -0.139. The maximum absolute atomic E-state index is 13.2. The first kappa shape index (κ1) is 25.9. The summed E-state index contributed by atoms with van der Waals surface area (Å²) in [6.07, 6.45) is 4.88. The molecule has 1 unspecified atom stereocenters. The van der Waals surface area contributed by atoms with Gasteiger partial charge < -0.3 is 19.5 Å². The maximum Gasteiger partial charge on any atom is 0.338 e. The zero-order valence-corrected chi connectivity index (χ0v) is 21.7. The summed E-state index contributed by atoms with van der Waals surface area (Å²) >= 11 is 1.62. The minimum absolute atomic E-state index is 0.352. The van der Waals surface area contributed by atoms with Gasteiger partial charge in [0, 0.05) is 11.4 Å². The average Bonchev–Trinajstić information content (AvgIpc) is 3.24. The molecule has 2 aromatic rings. The van der Waals surface area contributed by atoms with Gasteiger partial charge in [-0.3, -0.25) is 0 Å². The highest BCUT2D eigenvalue weighted by molar-refractivity contribution is 7.99. The number of anilines is 1. The van der Waals surface area contributed by atoms with E-state index < -0.39 is 6.04 Å². The molecule has 186 valence electrons. The second-order valence-electron chi connectivity index (χ2n) is 8.18. The lowest BCUT2D eigenvalue weighted by atomic mass is 9.95. The van der Waals surface area contributed by atoms with E-state index in [4.69, 9.17) is 19.3 Å². The first-order chi connectivity index (χ1) is 16.5. The molecule has 3 rings (SSSR count). The smallest absolute Gasteiger partial charge is 0.338 e. The van der Waals surface area contributed by atoms with Crippen LogP contribution in [0.25, 0.3) is 0 Å². The summed E-state index contributed by atoms with van der Waals surface area (Å²) in [4.78, 5) is 17.9. The van der Waals surface area contributed by atoms with E-state index in [0.717, 1.165) is 43.4 Å². The van der Waals surface area contributed by atoms with Crippen molar-refractivity contribution in [3.05, 3.63) is 35.0 Å². The molecule has 0 radical (unpaired) electrons. The Balaban J connectivity index is 2.02. The number of hydrogen-bond acceptors (Lipinski definition) is 8. The number of fused-ring (bicyclic) bond motifs is 1. The molecule has 1 atom stereocenters. The van der Waals surface area contributed by atoms with Gasteiger partial charge in [-0.25, -0.2) is 9.48 Å². The summed E-state index contributed by atoms with van der Waals surface area (Å²) in [5.41, 5.74) is 2.07. The van der Waals surface area contributed by atoms with E-state index in [1.165, 1.54) is 0 Å². The molecule has 1 aromatic heterocycles. The number of nitrogens with one attached hydrogen (secondary N) is 1. The summed E-state index contributed by atoms with van der Waals surface area (Å²) in [6.45, 7) is 9.15. The molecule has 1 aliphatic heterocycles. The van der Waals surface area contributed by atoms with E-state index in [0.29, 0.717) is 47.1 Å². The van der Waals surface area contributed by atoms with Crippen molar-refractivity contribution in [1.82, 2.24) is 14.8 Å². The Hall–Kier alpha value is -2.68. The zero-order chi connectivity index (χ0) is 24.5. The predicted octanol–water partition coefficient (Wildman–Crippen LogP) is 5.60. The van der Waals surface area contributed by atoms with Crippen molar-refractivity contribution in [1.29, 1.82) is 0 Å². The number of aromatic nitrogens is 3.